The molecular weight excluding hydrogens is 434 g/mol. The molecule has 0 bridgehead atoms. The van der Waals surface area contributed by atoms with Gasteiger partial charge in [-0.3, -0.25) is 10.1 Å². The fraction of sp³-hybridized carbons (Fsp3) is 0.0323. The van der Waals surface area contributed by atoms with E-state index in [0.29, 0.717) is 5.56 Å². The van der Waals surface area contributed by atoms with E-state index >= 15 is 0 Å². The third kappa shape index (κ3) is 4.42. The average molecular weight is 453 g/mol. The molecule has 0 aromatic heterocycles. The molecule has 35 heavy (non-hydrogen) atoms. The van der Waals surface area contributed by atoms with Crippen molar-refractivity contribution in [3.8, 4) is 29.4 Å². The number of non-ortho nitro benzene ring substituents is 1. The Morgan fingerprint density at radius 1 is 0.600 bits per heavy atom. The van der Waals surface area contributed by atoms with Gasteiger partial charge in [-0.05, 0) is 57.9 Å². The van der Waals surface area contributed by atoms with E-state index in [4.69, 9.17) is 4.74 Å². The molecule has 0 radical (unpaired) electrons. The number of nitrogens with zero attached hydrogens (tertiary/aromatic N) is 1. The zero-order valence-electron chi connectivity index (χ0n) is 18.9. The highest BCUT2D eigenvalue weighted by Gasteiger charge is 2.11. The van der Waals surface area contributed by atoms with Gasteiger partial charge in [0, 0.05) is 34.4 Å². The molecule has 166 valence electrons. The maximum Gasteiger partial charge on any atom is 0.269 e. The summed E-state index contributed by atoms with van der Waals surface area (Å²) in [4.78, 5) is 10.5. The highest BCUT2D eigenvalue weighted by Crippen LogP contribution is 2.32. The molecule has 0 heterocycles. The van der Waals surface area contributed by atoms with Crippen molar-refractivity contribution in [2.75, 3.05) is 7.11 Å². The van der Waals surface area contributed by atoms with Gasteiger partial charge >= 0.3 is 0 Å². The maximum atomic E-state index is 10.9. The molecule has 0 N–H and O–H groups in total. The number of benzene rings is 5. The lowest BCUT2D eigenvalue weighted by molar-refractivity contribution is -0.384. The van der Waals surface area contributed by atoms with Gasteiger partial charge in [-0.1, -0.05) is 72.2 Å². The zero-order chi connectivity index (χ0) is 24.2. The maximum absolute atomic E-state index is 10.9. The smallest absolute Gasteiger partial charge is 0.269 e. The number of rotatable bonds is 2. The van der Waals surface area contributed by atoms with Gasteiger partial charge in [-0.25, -0.2) is 0 Å². The lowest BCUT2D eigenvalue weighted by Gasteiger charge is -2.10. The number of nitro benzene ring substituents is 1. The van der Waals surface area contributed by atoms with E-state index in [-0.39, 0.29) is 5.69 Å². The number of ether oxygens (including phenoxy) is 1. The lowest BCUT2D eigenvalue weighted by atomic mass is 9.92. The van der Waals surface area contributed by atoms with Gasteiger partial charge in [0.15, 0.2) is 0 Å². The molecule has 0 spiro atoms. The first-order chi connectivity index (χ1) is 17.1. The molecular formula is C31H19NO3. The fourth-order valence-corrected chi connectivity index (χ4v) is 4.01. The number of hydrogen-bond donors (Lipinski definition) is 0. The summed E-state index contributed by atoms with van der Waals surface area (Å²) in [5.74, 6) is 14.0. The Bertz CT molecular complexity index is 1640. The van der Waals surface area contributed by atoms with Crippen LogP contribution >= 0.6 is 0 Å². The number of nitro groups is 1. The second-order valence-corrected chi connectivity index (χ2v) is 7.87. The molecule has 0 saturated carbocycles. The van der Waals surface area contributed by atoms with Crippen molar-refractivity contribution in [1.82, 2.24) is 0 Å². The SMILES string of the molecule is COc1ccc(C#Cc2c3ccccc3c(C#Cc3ccc([N+](=O)[O-])cc3)c3ccccc23)cc1. The minimum Gasteiger partial charge on any atom is -0.497 e. The molecule has 0 fully saturated rings. The van der Waals surface area contributed by atoms with Crippen LogP contribution in [-0.2, 0) is 0 Å². The Labute approximate surface area is 202 Å². The minimum atomic E-state index is -0.413. The first-order valence-corrected chi connectivity index (χ1v) is 11.0. The molecule has 5 aromatic rings. The van der Waals surface area contributed by atoms with Crippen LogP contribution < -0.4 is 4.74 Å². The number of methoxy groups -OCH3 is 1. The van der Waals surface area contributed by atoms with E-state index < -0.39 is 4.92 Å². The van der Waals surface area contributed by atoms with Gasteiger partial charge < -0.3 is 4.74 Å². The lowest BCUT2D eigenvalue weighted by Crippen LogP contribution is -1.91. The first-order valence-electron chi connectivity index (χ1n) is 11.0. The number of hydrogen-bond acceptors (Lipinski definition) is 3. The Hall–Kier alpha value is -5.06. The van der Waals surface area contributed by atoms with Crippen molar-refractivity contribution in [3.05, 3.63) is 129 Å². The summed E-state index contributed by atoms with van der Waals surface area (Å²) < 4.78 is 5.24. The largest absolute Gasteiger partial charge is 0.497 e. The quantitative estimate of drug-likeness (QED) is 0.129. The molecule has 0 atom stereocenters. The Morgan fingerprint density at radius 2 is 1.00 bits per heavy atom. The van der Waals surface area contributed by atoms with Crippen LogP contribution in [0, 0.1) is 33.8 Å². The van der Waals surface area contributed by atoms with Gasteiger partial charge in [0.1, 0.15) is 5.75 Å². The molecule has 0 aliphatic heterocycles. The van der Waals surface area contributed by atoms with Gasteiger partial charge in [-0.2, -0.15) is 0 Å². The van der Waals surface area contributed by atoms with Gasteiger partial charge in [0.2, 0.25) is 0 Å². The van der Waals surface area contributed by atoms with Crippen molar-refractivity contribution in [2.24, 2.45) is 0 Å². The average Bonchev–Trinajstić information content (AvgIpc) is 2.91. The van der Waals surface area contributed by atoms with Crippen molar-refractivity contribution in [3.63, 3.8) is 0 Å². The second-order valence-electron chi connectivity index (χ2n) is 7.87. The van der Waals surface area contributed by atoms with Crippen molar-refractivity contribution in [1.29, 1.82) is 0 Å². The summed E-state index contributed by atoms with van der Waals surface area (Å²) in [7, 11) is 1.64. The third-order valence-electron chi connectivity index (χ3n) is 5.76. The molecule has 5 rings (SSSR count). The third-order valence-corrected chi connectivity index (χ3v) is 5.76. The van der Waals surface area contributed by atoms with Crippen LogP contribution in [0.3, 0.4) is 0 Å². The van der Waals surface area contributed by atoms with Crippen LogP contribution in [0.25, 0.3) is 21.5 Å². The molecule has 0 unspecified atom stereocenters. The predicted octanol–water partition coefficient (Wildman–Crippen LogP) is 6.71. The predicted molar refractivity (Wildman–Crippen MR) is 140 cm³/mol. The highest BCUT2D eigenvalue weighted by molar-refractivity contribution is 6.09. The Kier molecular flexibility index (Phi) is 5.87. The van der Waals surface area contributed by atoms with Crippen molar-refractivity contribution in [2.45, 2.75) is 0 Å². The van der Waals surface area contributed by atoms with Crippen LogP contribution in [0.5, 0.6) is 5.75 Å². The van der Waals surface area contributed by atoms with Crippen LogP contribution in [0.1, 0.15) is 22.3 Å². The molecule has 5 aromatic carbocycles. The molecule has 0 aliphatic carbocycles. The fourth-order valence-electron chi connectivity index (χ4n) is 4.01. The van der Waals surface area contributed by atoms with Crippen molar-refractivity contribution < 1.29 is 9.66 Å². The van der Waals surface area contributed by atoms with Gasteiger partial charge in [-0.15, -0.1) is 0 Å². The molecule has 0 aliphatic rings. The van der Waals surface area contributed by atoms with E-state index in [1.165, 1.54) is 12.1 Å². The monoisotopic (exact) mass is 453 g/mol. The minimum absolute atomic E-state index is 0.0474. The van der Waals surface area contributed by atoms with E-state index in [1.54, 1.807) is 19.2 Å². The van der Waals surface area contributed by atoms with E-state index in [9.17, 15) is 10.1 Å². The van der Waals surface area contributed by atoms with E-state index in [0.717, 1.165) is 44.0 Å². The van der Waals surface area contributed by atoms with Gasteiger partial charge in [0.25, 0.3) is 5.69 Å². The van der Waals surface area contributed by atoms with E-state index in [1.807, 2.05) is 48.5 Å². The molecule has 4 nitrogen and oxygen atoms in total. The highest BCUT2D eigenvalue weighted by atomic mass is 16.6. The summed E-state index contributed by atoms with van der Waals surface area (Å²) in [6, 6.07) is 30.2. The summed E-state index contributed by atoms with van der Waals surface area (Å²) in [5.41, 5.74) is 3.52. The standard InChI is InChI=1S/C31H19NO3/c1-35-25-18-12-23(13-19-25)15-21-31-28-8-4-2-6-26(28)30(27-7-3-5-9-29(27)31)20-14-22-10-16-24(17-11-22)32(33)34/h2-13,16-19H,1H3. The van der Waals surface area contributed by atoms with Crippen molar-refractivity contribution >= 4 is 27.2 Å². The van der Waals surface area contributed by atoms with Gasteiger partial charge in [0.05, 0.1) is 12.0 Å². The van der Waals surface area contributed by atoms with Crippen LogP contribution in [-0.4, -0.2) is 12.0 Å². The summed E-state index contributed by atoms with van der Waals surface area (Å²) in [6.45, 7) is 0. The molecule has 0 amide bonds. The first kappa shape index (κ1) is 21.8. The normalized spacial score (nSPS) is 10.2. The summed E-state index contributed by atoms with van der Waals surface area (Å²) in [5, 5.41) is 15.0. The Balaban J connectivity index is 1.68. The van der Waals surface area contributed by atoms with Crippen LogP contribution in [0.15, 0.2) is 97.1 Å². The second kappa shape index (κ2) is 9.43. The number of fused-ring (bicyclic) bond motifs is 2. The van der Waals surface area contributed by atoms with E-state index in [2.05, 4.69) is 47.9 Å². The Morgan fingerprint density at radius 3 is 1.37 bits per heavy atom. The topological polar surface area (TPSA) is 52.4 Å². The summed E-state index contributed by atoms with van der Waals surface area (Å²) in [6.07, 6.45) is 0. The van der Waals surface area contributed by atoms with Crippen LogP contribution in [0.4, 0.5) is 5.69 Å². The molecule has 0 saturated heterocycles. The zero-order valence-corrected chi connectivity index (χ0v) is 18.9. The summed E-state index contributed by atoms with van der Waals surface area (Å²) >= 11 is 0. The van der Waals surface area contributed by atoms with Crippen LogP contribution in [0.2, 0.25) is 0 Å². The molecule has 4 heteroatoms.